The molecular weight excluding hydrogens is 429 g/mol. The molecular formula is C21H29Cl2N3O2S. The van der Waals surface area contributed by atoms with Gasteiger partial charge in [0.25, 0.3) is 5.91 Å². The van der Waals surface area contributed by atoms with Gasteiger partial charge in [0.2, 0.25) is 0 Å². The van der Waals surface area contributed by atoms with Crippen molar-refractivity contribution in [3.63, 3.8) is 0 Å². The number of aromatic nitrogens is 1. The highest BCUT2D eigenvalue weighted by Crippen LogP contribution is 2.28. The van der Waals surface area contributed by atoms with Crippen molar-refractivity contribution in [2.45, 2.75) is 45.3 Å². The smallest absolute Gasteiger partial charge is 0.253 e. The molecule has 1 aromatic carbocycles. The normalized spacial score (nSPS) is 16.7. The van der Waals surface area contributed by atoms with Crippen LogP contribution in [0.2, 0.25) is 0 Å². The Bertz CT molecular complexity index is 790. The minimum atomic E-state index is 0. The van der Waals surface area contributed by atoms with Crippen LogP contribution >= 0.6 is 36.2 Å². The molecule has 0 unspecified atom stereocenters. The van der Waals surface area contributed by atoms with E-state index in [1.807, 2.05) is 41.5 Å². The van der Waals surface area contributed by atoms with E-state index in [0.29, 0.717) is 24.0 Å². The molecule has 2 fully saturated rings. The summed E-state index contributed by atoms with van der Waals surface area (Å²) in [4.78, 5) is 19.2. The van der Waals surface area contributed by atoms with Gasteiger partial charge in [0.15, 0.2) is 0 Å². The molecule has 1 amide bonds. The van der Waals surface area contributed by atoms with Crippen LogP contribution in [0.4, 0.5) is 0 Å². The number of likely N-dealkylation sites (tertiary alicyclic amines) is 1. The number of piperidine rings is 1. The maximum absolute atomic E-state index is 12.9. The van der Waals surface area contributed by atoms with Crippen molar-refractivity contribution in [1.82, 2.24) is 15.2 Å². The number of carbonyl (C=O) groups is 1. The lowest BCUT2D eigenvalue weighted by atomic mass is 10.0. The molecule has 160 valence electrons. The third-order valence-corrected chi connectivity index (χ3v) is 6.13. The zero-order chi connectivity index (χ0) is 18.6. The van der Waals surface area contributed by atoms with Gasteiger partial charge in [-0.25, -0.2) is 4.98 Å². The standard InChI is InChI=1S/C21H27N3O2S.2ClH/c1-15-23-19(14-27-15)13-26-20-4-2-3-17(11-20)21(25)24-9-7-18(8-10-24)22-12-16-5-6-16;;/h2-4,11,14,16,18,22H,5-10,12-13H2,1H3;2*1H. The molecule has 1 saturated carbocycles. The molecule has 2 aliphatic rings. The van der Waals surface area contributed by atoms with Crippen LogP contribution in [-0.4, -0.2) is 41.5 Å². The molecule has 29 heavy (non-hydrogen) atoms. The second kappa shape index (κ2) is 11.2. The average Bonchev–Trinajstić information content (AvgIpc) is 3.44. The van der Waals surface area contributed by atoms with Crippen LogP contribution in [0.5, 0.6) is 5.75 Å². The number of nitrogens with zero attached hydrogens (tertiary/aromatic N) is 2. The second-order valence-corrected chi connectivity index (χ2v) is 8.65. The first-order valence-corrected chi connectivity index (χ1v) is 10.7. The van der Waals surface area contributed by atoms with Crippen molar-refractivity contribution in [1.29, 1.82) is 0 Å². The Kier molecular flexibility index (Phi) is 9.21. The summed E-state index contributed by atoms with van der Waals surface area (Å²) in [6, 6.07) is 8.06. The maximum atomic E-state index is 12.9. The molecule has 1 saturated heterocycles. The molecule has 1 aliphatic heterocycles. The lowest BCUT2D eigenvalue weighted by Crippen LogP contribution is -2.45. The zero-order valence-electron chi connectivity index (χ0n) is 16.6. The van der Waals surface area contributed by atoms with E-state index in [0.717, 1.165) is 49.1 Å². The van der Waals surface area contributed by atoms with E-state index in [1.165, 1.54) is 12.8 Å². The summed E-state index contributed by atoms with van der Waals surface area (Å²) >= 11 is 1.62. The molecule has 1 aromatic heterocycles. The molecule has 0 spiro atoms. The fourth-order valence-electron chi connectivity index (χ4n) is 3.48. The van der Waals surface area contributed by atoms with Crippen molar-refractivity contribution in [3.8, 4) is 5.75 Å². The Morgan fingerprint density at radius 3 is 2.66 bits per heavy atom. The molecule has 5 nitrogen and oxygen atoms in total. The summed E-state index contributed by atoms with van der Waals surface area (Å²) in [5.74, 6) is 1.72. The first-order chi connectivity index (χ1) is 13.2. The van der Waals surface area contributed by atoms with E-state index in [1.54, 1.807) is 11.3 Å². The summed E-state index contributed by atoms with van der Waals surface area (Å²) in [7, 11) is 0. The largest absolute Gasteiger partial charge is 0.487 e. The summed E-state index contributed by atoms with van der Waals surface area (Å²) in [6.07, 6.45) is 4.84. The molecule has 4 rings (SSSR count). The van der Waals surface area contributed by atoms with E-state index in [-0.39, 0.29) is 30.7 Å². The van der Waals surface area contributed by atoms with Crippen molar-refractivity contribution >= 4 is 42.1 Å². The van der Waals surface area contributed by atoms with Gasteiger partial charge >= 0.3 is 0 Å². The van der Waals surface area contributed by atoms with Crippen molar-refractivity contribution in [2.75, 3.05) is 19.6 Å². The van der Waals surface area contributed by atoms with E-state index < -0.39 is 0 Å². The number of carbonyl (C=O) groups excluding carboxylic acids is 1. The Morgan fingerprint density at radius 1 is 1.24 bits per heavy atom. The highest BCUT2D eigenvalue weighted by Gasteiger charge is 2.26. The molecule has 8 heteroatoms. The number of benzene rings is 1. The summed E-state index contributed by atoms with van der Waals surface area (Å²) in [5, 5.41) is 6.70. The third-order valence-electron chi connectivity index (χ3n) is 5.31. The Balaban J connectivity index is 0.00000150. The number of rotatable bonds is 7. The number of nitrogens with one attached hydrogen (secondary N) is 1. The lowest BCUT2D eigenvalue weighted by Gasteiger charge is -2.32. The van der Waals surface area contributed by atoms with E-state index >= 15 is 0 Å². The Morgan fingerprint density at radius 2 is 2.00 bits per heavy atom. The van der Waals surface area contributed by atoms with Gasteiger partial charge in [-0.15, -0.1) is 36.2 Å². The molecule has 1 aliphatic carbocycles. The first-order valence-electron chi connectivity index (χ1n) is 9.84. The number of thiazole rings is 1. The summed E-state index contributed by atoms with van der Waals surface area (Å²) < 4.78 is 5.82. The minimum Gasteiger partial charge on any atom is -0.487 e. The van der Waals surface area contributed by atoms with Crippen molar-refractivity contribution in [3.05, 3.63) is 45.9 Å². The number of ether oxygens (including phenoxy) is 1. The van der Waals surface area contributed by atoms with Crippen LogP contribution in [0.3, 0.4) is 0 Å². The van der Waals surface area contributed by atoms with Gasteiger partial charge in [-0.05, 0) is 63.3 Å². The van der Waals surface area contributed by atoms with Gasteiger partial charge in [-0.1, -0.05) is 6.07 Å². The monoisotopic (exact) mass is 457 g/mol. The highest BCUT2D eigenvalue weighted by atomic mass is 35.5. The molecule has 2 aromatic rings. The molecule has 0 bridgehead atoms. The van der Waals surface area contributed by atoms with E-state index in [9.17, 15) is 4.79 Å². The molecule has 1 N–H and O–H groups in total. The number of halogens is 2. The topological polar surface area (TPSA) is 54.5 Å². The molecule has 2 heterocycles. The molecule has 0 atom stereocenters. The third kappa shape index (κ3) is 6.85. The predicted molar refractivity (Wildman–Crippen MR) is 122 cm³/mol. The number of hydrogen-bond donors (Lipinski definition) is 1. The van der Waals surface area contributed by atoms with Gasteiger partial charge in [0.1, 0.15) is 12.4 Å². The predicted octanol–water partition coefficient (Wildman–Crippen LogP) is 4.48. The molecule has 0 radical (unpaired) electrons. The quantitative estimate of drug-likeness (QED) is 0.665. The highest BCUT2D eigenvalue weighted by molar-refractivity contribution is 7.09. The van der Waals surface area contributed by atoms with Crippen LogP contribution in [0.25, 0.3) is 0 Å². The summed E-state index contributed by atoms with van der Waals surface area (Å²) in [5.41, 5.74) is 1.63. The number of amides is 1. The fourth-order valence-corrected chi connectivity index (χ4v) is 4.07. The number of aryl methyl sites for hydroxylation is 1. The minimum absolute atomic E-state index is 0. The van der Waals surface area contributed by atoms with Crippen LogP contribution in [0.1, 0.15) is 46.7 Å². The summed E-state index contributed by atoms with van der Waals surface area (Å²) in [6.45, 7) is 5.21. The number of hydrogen-bond acceptors (Lipinski definition) is 5. The fraction of sp³-hybridized carbons (Fsp3) is 0.524. The van der Waals surface area contributed by atoms with Gasteiger partial charge in [-0.3, -0.25) is 4.79 Å². The van der Waals surface area contributed by atoms with Crippen LogP contribution in [0, 0.1) is 12.8 Å². The van der Waals surface area contributed by atoms with Gasteiger partial charge in [-0.2, -0.15) is 0 Å². The lowest BCUT2D eigenvalue weighted by molar-refractivity contribution is 0.0704. The Hall–Kier alpha value is -1.34. The SMILES string of the molecule is Cc1nc(COc2cccc(C(=O)N3CCC(NCC4CC4)CC3)c2)cs1.Cl.Cl. The van der Waals surface area contributed by atoms with Crippen molar-refractivity contribution < 1.29 is 9.53 Å². The second-order valence-electron chi connectivity index (χ2n) is 7.59. The van der Waals surface area contributed by atoms with Crippen LogP contribution in [0.15, 0.2) is 29.6 Å². The first kappa shape index (κ1) is 23.9. The van der Waals surface area contributed by atoms with Gasteiger partial charge < -0.3 is 15.0 Å². The zero-order valence-corrected chi connectivity index (χ0v) is 19.1. The van der Waals surface area contributed by atoms with Crippen molar-refractivity contribution in [2.24, 2.45) is 5.92 Å². The van der Waals surface area contributed by atoms with E-state index in [2.05, 4.69) is 10.3 Å². The maximum Gasteiger partial charge on any atom is 0.253 e. The Labute approximate surface area is 189 Å². The van der Waals surface area contributed by atoms with Gasteiger partial charge in [0.05, 0.1) is 10.7 Å². The van der Waals surface area contributed by atoms with Crippen LogP contribution in [-0.2, 0) is 6.61 Å². The van der Waals surface area contributed by atoms with Gasteiger partial charge in [0, 0.05) is 30.1 Å². The van der Waals surface area contributed by atoms with E-state index in [4.69, 9.17) is 4.74 Å². The average molecular weight is 458 g/mol. The van der Waals surface area contributed by atoms with Crippen LogP contribution < -0.4 is 10.1 Å².